The normalized spacial score (nSPS) is 11.6. The fourth-order valence-corrected chi connectivity index (χ4v) is 1.56. The Morgan fingerprint density at radius 3 is 2.61 bits per heavy atom. The minimum absolute atomic E-state index is 0.0472. The van der Waals surface area contributed by atoms with E-state index >= 15 is 0 Å². The number of carbonyl (C=O) groups is 3. The first-order valence-corrected chi connectivity index (χ1v) is 7.08. The number of esters is 1. The molecule has 1 unspecified atom stereocenters. The van der Waals surface area contributed by atoms with Gasteiger partial charge in [-0.2, -0.15) is 0 Å². The molecule has 126 valence electrons. The molecule has 0 aromatic heterocycles. The van der Waals surface area contributed by atoms with E-state index < -0.39 is 30.2 Å². The molecule has 0 saturated heterocycles. The Morgan fingerprint density at radius 1 is 1.22 bits per heavy atom. The number of benzene rings is 1. The summed E-state index contributed by atoms with van der Waals surface area (Å²) in [6, 6.07) is 6.26. The van der Waals surface area contributed by atoms with Crippen molar-refractivity contribution < 1.29 is 33.3 Å². The predicted molar refractivity (Wildman–Crippen MR) is 80.1 cm³/mol. The lowest BCUT2D eigenvalue weighted by Crippen LogP contribution is -2.20. The van der Waals surface area contributed by atoms with E-state index in [1.165, 1.54) is 19.2 Å². The average Bonchev–Trinajstić information content (AvgIpc) is 2.55. The molecule has 0 N–H and O–H groups in total. The first kappa shape index (κ1) is 18.8. The smallest absolute Gasteiger partial charge is 0.375 e. The molecule has 0 saturated carbocycles. The van der Waals surface area contributed by atoms with Crippen LogP contribution in [0.25, 0.3) is 0 Å². The van der Waals surface area contributed by atoms with Crippen molar-refractivity contribution in [3.05, 3.63) is 29.8 Å². The van der Waals surface area contributed by atoms with Gasteiger partial charge in [-0.25, -0.2) is 4.79 Å². The van der Waals surface area contributed by atoms with Gasteiger partial charge in [0.15, 0.2) is 18.9 Å². The highest BCUT2D eigenvalue weighted by Crippen LogP contribution is 2.15. The number of Topliss-reactive ketones (excluding diaryl/α,β-unsaturated/α-hetero) is 2. The first-order valence-electron chi connectivity index (χ1n) is 7.08. The third-order valence-electron chi connectivity index (χ3n) is 2.84. The zero-order chi connectivity index (χ0) is 17.2. The minimum Gasteiger partial charge on any atom is -0.467 e. The summed E-state index contributed by atoms with van der Waals surface area (Å²) in [7, 11) is 1.50. The Kier molecular flexibility index (Phi) is 7.93. The van der Waals surface area contributed by atoms with Crippen LogP contribution in [0.4, 0.5) is 0 Å². The zero-order valence-electron chi connectivity index (χ0n) is 13.4. The van der Waals surface area contributed by atoms with Crippen molar-refractivity contribution in [1.29, 1.82) is 0 Å². The van der Waals surface area contributed by atoms with E-state index in [0.717, 1.165) is 0 Å². The molecule has 23 heavy (non-hydrogen) atoms. The molecule has 0 bridgehead atoms. The second-order valence-electron chi connectivity index (χ2n) is 4.50. The number of hydrogen-bond donors (Lipinski definition) is 0. The monoisotopic (exact) mass is 324 g/mol. The van der Waals surface area contributed by atoms with Crippen LogP contribution in [-0.4, -0.2) is 44.3 Å². The Bertz CT molecular complexity index is 553. The van der Waals surface area contributed by atoms with Gasteiger partial charge in [0.25, 0.3) is 0 Å². The average molecular weight is 324 g/mol. The number of hydrogen-bond acceptors (Lipinski definition) is 7. The fourth-order valence-electron chi connectivity index (χ4n) is 1.56. The van der Waals surface area contributed by atoms with Crippen LogP contribution in [-0.2, 0) is 23.8 Å². The van der Waals surface area contributed by atoms with E-state index in [1.54, 1.807) is 26.0 Å². The quantitative estimate of drug-likeness (QED) is 0.213. The van der Waals surface area contributed by atoms with E-state index in [0.29, 0.717) is 5.75 Å². The lowest BCUT2D eigenvalue weighted by molar-refractivity contribution is -0.153. The highest BCUT2D eigenvalue weighted by atomic mass is 16.7. The Balaban J connectivity index is 2.59. The highest BCUT2D eigenvalue weighted by Gasteiger charge is 2.20. The second kappa shape index (κ2) is 9.70. The third kappa shape index (κ3) is 6.58. The predicted octanol–water partition coefficient (Wildman–Crippen LogP) is 1.74. The van der Waals surface area contributed by atoms with Gasteiger partial charge in [-0.1, -0.05) is 12.1 Å². The van der Waals surface area contributed by atoms with E-state index in [9.17, 15) is 14.4 Å². The molecule has 0 amide bonds. The molecule has 1 rings (SSSR count). The lowest BCUT2D eigenvalue weighted by Gasteiger charge is -2.12. The zero-order valence-corrected chi connectivity index (χ0v) is 13.4. The van der Waals surface area contributed by atoms with Gasteiger partial charge in [-0.3, -0.25) is 9.59 Å². The third-order valence-corrected chi connectivity index (χ3v) is 2.84. The molecule has 0 radical (unpaired) electrons. The molecule has 1 aromatic carbocycles. The van der Waals surface area contributed by atoms with Crippen molar-refractivity contribution >= 4 is 17.5 Å². The van der Waals surface area contributed by atoms with Gasteiger partial charge >= 0.3 is 5.97 Å². The van der Waals surface area contributed by atoms with Crippen LogP contribution in [0.15, 0.2) is 24.3 Å². The van der Waals surface area contributed by atoms with Crippen molar-refractivity contribution in [3.8, 4) is 5.75 Å². The molecule has 1 aromatic rings. The largest absolute Gasteiger partial charge is 0.467 e. The topological polar surface area (TPSA) is 88.1 Å². The van der Waals surface area contributed by atoms with Crippen LogP contribution in [0.3, 0.4) is 0 Å². The SMILES string of the molecule is CCOC(=O)C(=O)CC(=O)c1cccc(OCOC(C)OC)c1. The van der Waals surface area contributed by atoms with Crippen LogP contribution in [0.5, 0.6) is 5.75 Å². The number of carbonyl (C=O) groups excluding carboxylic acids is 3. The summed E-state index contributed by atoms with van der Waals surface area (Å²) in [6.07, 6.45) is -0.957. The maximum absolute atomic E-state index is 12.0. The van der Waals surface area contributed by atoms with E-state index in [-0.39, 0.29) is 19.0 Å². The van der Waals surface area contributed by atoms with E-state index in [4.69, 9.17) is 14.2 Å². The van der Waals surface area contributed by atoms with Crippen LogP contribution in [0.1, 0.15) is 30.6 Å². The Labute approximate surface area is 134 Å². The molecule has 0 fully saturated rings. The summed E-state index contributed by atoms with van der Waals surface area (Å²) >= 11 is 0. The van der Waals surface area contributed by atoms with Gasteiger partial charge < -0.3 is 18.9 Å². The lowest BCUT2D eigenvalue weighted by atomic mass is 10.1. The summed E-state index contributed by atoms with van der Waals surface area (Å²) in [6.45, 7) is 3.33. The molecule has 0 heterocycles. The van der Waals surface area contributed by atoms with Gasteiger partial charge in [0.1, 0.15) is 5.75 Å². The van der Waals surface area contributed by atoms with Crippen LogP contribution >= 0.6 is 0 Å². The summed E-state index contributed by atoms with van der Waals surface area (Å²) < 4.78 is 20.0. The highest BCUT2D eigenvalue weighted by molar-refractivity contribution is 6.38. The Hall–Kier alpha value is -2.25. The number of methoxy groups -OCH3 is 1. The second-order valence-corrected chi connectivity index (χ2v) is 4.50. The van der Waals surface area contributed by atoms with E-state index in [2.05, 4.69) is 4.74 Å². The van der Waals surface area contributed by atoms with Crippen molar-refractivity contribution in [1.82, 2.24) is 0 Å². The molecule has 0 spiro atoms. The number of ketones is 2. The maximum atomic E-state index is 12.0. The van der Waals surface area contributed by atoms with Gasteiger partial charge in [-0.05, 0) is 26.0 Å². The number of rotatable bonds is 10. The molecule has 7 heteroatoms. The molecule has 1 atom stereocenters. The molecule has 0 aliphatic heterocycles. The summed E-state index contributed by atoms with van der Waals surface area (Å²) in [4.78, 5) is 34.8. The number of ether oxygens (including phenoxy) is 4. The van der Waals surface area contributed by atoms with Crippen molar-refractivity contribution in [3.63, 3.8) is 0 Å². The molecular formula is C16H20O7. The summed E-state index contributed by atoms with van der Waals surface area (Å²) in [5.74, 6) is -1.96. The van der Waals surface area contributed by atoms with Gasteiger partial charge in [0.2, 0.25) is 5.78 Å². The van der Waals surface area contributed by atoms with Crippen molar-refractivity contribution in [2.24, 2.45) is 0 Å². The molecule has 0 aliphatic carbocycles. The fraction of sp³-hybridized carbons (Fsp3) is 0.438. The van der Waals surface area contributed by atoms with E-state index in [1.807, 2.05) is 0 Å². The van der Waals surface area contributed by atoms with Crippen molar-refractivity contribution in [2.75, 3.05) is 20.5 Å². The van der Waals surface area contributed by atoms with Crippen LogP contribution < -0.4 is 4.74 Å². The van der Waals surface area contributed by atoms with Crippen molar-refractivity contribution in [2.45, 2.75) is 26.6 Å². The maximum Gasteiger partial charge on any atom is 0.375 e. The van der Waals surface area contributed by atoms with Crippen LogP contribution in [0.2, 0.25) is 0 Å². The molecule has 7 nitrogen and oxygen atoms in total. The summed E-state index contributed by atoms with van der Waals surface area (Å²) in [5.41, 5.74) is 0.264. The van der Waals surface area contributed by atoms with Crippen LogP contribution in [0, 0.1) is 0 Å². The standard InChI is InChI=1S/C16H20O7/c1-4-21-16(19)15(18)9-14(17)12-6-5-7-13(8-12)23-10-22-11(2)20-3/h5-8,11H,4,9-10H2,1-3H3. The van der Waals surface area contributed by atoms with Gasteiger partial charge in [-0.15, -0.1) is 0 Å². The molecule has 0 aliphatic rings. The summed E-state index contributed by atoms with van der Waals surface area (Å²) in [5, 5.41) is 0. The first-order chi connectivity index (χ1) is 11.0. The molecular weight excluding hydrogens is 304 g/mol. The Morgan fingerprint density at radius 2 is 1.96 bits per heavy atom. The minimum atomic E-state index is -1.00. The van der Waals surface area contributed by atoms with Gasteiger partial charge in [0.05, 0.1) is 13.0 Å². The van der Waals surface area contributed by atoms with Gasteiger partial charge in [0, 0.05) is 12.7 Å².